The Labute approximate surface area is 128 Å². The van der Waals surface area contributed by atoms with Crippen LogP contribution in [0.4, 0.5) is 0 Å². The summed E-state index contributed by atoms with van der Waals surface area (Å²) in [4.78, 5) is 0. The monoisotopic (exact) mass is 310 g/mol. The van der Waals surface area contributed by atoms with Gasteiger partial charge < -0.3 is 5.73 Å². The molecule has 1 atom stereocenters. The third kappa shape index (κ3) is 5.77. The molecule has 1 unspecified atom stereocenters. The fraction of sp³-hybridized carbons (Fsp3) is 0.625. The summed E-state index contributed by atoms with van der Waals surface area (Å²) < 4.78 is 27.4. The zero-order valence-corrected chi connectivity index (χ0v) is 13.3. The fourth-order valence-electron chi connectivity index (χ4n) is 3.04. The quantitative estimate of drug-likeness (QED) is 0.809. The van der Waals surface area contributed by atoms with Gasteiger partial charge in [-0.1, -0.05) is 49.6 Å². The normalized spacial score (nSPS) is 18.5. The highest BCUT2D eigenvalue weighted by molar-refractivity contribution is 7.89. The van der Waals surface area contributed by atoms with Crippen LogP contribution in [-0.2, 0) is 16.4 Å². The predicted molar refractivity (Wildman–Crippen MR) is 86.5 cm³/mol. The minimum absolute atomic E-state index is 0.221. The van der Waals surface area contributed by atoms with E-state index < -0.39 is 10.0 Å². The molecule has 4 nitrogen and oxygen atoms in total. The molecule has 21 heavy (non-hydrogen) atoms. The molecule has 0 amide bonds. The zero-order chi connectivity index (χ0) is 15.1. The molecule has 0 radical (unpaired) electrons. The van der Waals surface area contributed by atoms with E-state index in [1.165, 1.54) is 6.42 Å². The molecule has 0 aromatic heterocycles. The Morgan fingerprint density at radius 2 is 1.81 bits per heavy atom. The van der Waals surface area contributed by atoms with E-state index in [0.29, 0.717) is 18.9 Å². The van der Waals surface area contributed by atoms with E-state index in [1.54, 1.807) is 0 Å². The molecule has 0 heterocycles. The van der Waals surface area contributed by atoms with Crippen LogP contribution in [-0.4, -0.2) is 26.8 Å². The standard InChI is InChI=1S/C16H26N2O2S/c17-12-16(11-14-7-3-1-4-8-14)18-21(19,20)13-15-9-5-2-6-10-15/h1,3-4,7-8,15-16,18H,2,5-6,9-13,17H2. The first-order chi connectivity index (χ1) is 10.1. The van der Waals surface area contributed by atoms with Gasteiger partial charge in [0.2, 0.25) is 10.0 Å². The number of benzene rings is 1. The first-order valence-corrected chi connectivity index (χ1v) is 9.48. The number of nitrogens with two attached hydrogens (primary N) is 1. The molecule has 0 aliphatic heterocycles. The van der Waals surface area contributed by atoms with Crippen LogP contribution in [0.3, 0.4) is 0 Å². The second kappa shape index (κ2) is 7.92. The summed E-state index contributed by atoms with van der Waals surface area (Å²) >= 11 is 0. The summed E-state index contributed by atoms with van der Waals surface area (Å²) in [5.41, 5.74) is 6.84. The van der Waals surface area contributed by atoms with Gasteiger partial charge in [-0.15, -0.1) is 0 Å². The van der Waals surface area contributed by atoms with Crippen LogP contribution in [0, 0.1) is 5.92 Å². The van der Waals surface area contributed by atoms with Crippen molar-refractivity contribution in [3.8, 4) is 0 Å². The van der Waals surface area contributed by atoms with Crippen molar-refractivity contribution in [1.29, 1.82) is 0 Å². The summed E-state index contributed by atoms with van der Waals surface area (Å²) in [6.45, 7) is 0.318. The van der Waals surface area contributed by atoms with Crippen LogP contribution in [0.5, 0.6) is 0 Å². The lowest BCUT2D eigenvalue weighted by Crippen LogP contribution is -2.43. The van der Waals surface area contributed by atoms with E-state index in [4.69, 9.17) is 5.73 Å². The van der Waals surface area contributed by atoms with Crippen LogP contribution >= 0.6 is 0 Å². The van der Waals surface area contributed by atoms with Crippen molar-refractivity contribution in [2.75, 3.05) is 12.3 Å². The van der Waals surface area contributed by atoms with Crippen LogP contribution in [0.2, 0.25) is 0 Å². The molecule has 1 aromatic carbocycles. The lowest BCUT2D eigenvalue weighted by molar-refractivity contribution is 0.383. The topological polar surface area (TPSA) is 72.2 Å². The van der Waals surface area contributed by atoms with Crippen molar-refractivity contribution >= 4 is 10.0 Å². The molecule has 1 aliphatic carbocycles. The SMILES string of the molecule is NCC(Cc1ccccc1)NS(=O)(=O)CC1CCCCC1. The summed E-state index contributed by atoms with van der Waals surface area (Å²) in [5.74, 6) is 0.560. The molecule has 118 valence electrons. The predicted octanol–water partition coefficient (Wildman–Crippen LogP) is 2.06. The molecule has 0 spiro atoms. The largest absolute Gasteiger partial charge is 0.329 e. The first kappa shape index (κ1) is 16.5. The van der Waals surface area contributed by atoms with Gasteiger partial charge in [0.15, 0.2) is 0 Å². The van der Waals surface area contributed by atoms with Gasteiger partial charge in [0, 0.05) is 12.6 Å². The van der Waals surface area contributed by atoms with Gasteiger partial charge in [-0.2, -0.15) is 0 Å². The van der Waals surface area contributed by atoms with Gasteiger partial charge in [0.25, 0.3) is 0 Å². The number of hydrogen-bond donors (Lipinski definition) is 2. The molecule has 5 heteroatoms. The smallest absolute Gasteiger partial charge is 0.212 e. The van der Waals surface area contributed by atoms with Crippen LogP contribution < -0.4 is 10.5 Å². The van der Waals surface area contributed by atoms with Crippen molar-refractivity contribution in [2.45, 2.75) is 44.6 Å². The maximum atomic E-state index is 12.3. The minimum atomic E-state index is -3.24. The molecule has 2 rings (SSSR count). The Balaban J connectivity index is 1.90. The van der Waals surface area contributed by atoms with E-state index >= 15 is 0 Å². The lowest BCUT2D eigenvalue weighted by atomic mass is 9.91. The Hall–Kier alpha value is -0.910. The third-order valence-corrected chi connectivity index (χ3v) is 5.74. The first-order valence-electron chi connectivity index (χ1n) is 7.83. The maximum absolute atomic E-state index is 12.3. The minimum Gasteiger partial charge on any atom is -0.329 e. The molecule has 0 saturated heterocycles. The van der Waals surface area contributed by atoms with Crippen LogP contribution in [0.25, 0.3) is 0 Å². The van der Waals surface area contributed by atoms with E-state index in [2.05, 4.69) is 4.72 Å². The van der Waals surface area contributed by atoms with E-state index in [0.717, 1.165) is 31.2 Å². The van der Waals surface area contributed by atoms with E-state index in [1.807, 2.05) is 30.3 Å². The van der Waals surface area contributed by atoms with E-state index in [-0.39, 0.29) is 11.8 Å². The second-order valence-electron chi connectivity index (χ2n) is 6.03. The molecule has 1 aromatic rings. The van der Waals surface area contributed by atoms with Crippen molar-refractivity contribution in [3.05, 3.63) is 35.9 Å². The molecular formula is C16H26N2O2S. The molecule has 1 fully saturated rings. The van der Waals surface area contributed by atoms with Gasteiger partial charge >= 0.3 is 0 Å². The fourth-order valence-corrected chi connectivity index (χ4v) is 4.78. The average Bonchev–Trinajstić information content (AvgIpc) is 2.48. The Bertz CT molecular complexity index is 510. The van der Waals surface area contributed by atoms with Gasteiger partial charge in [0.1, 0.15) is 0 Å². The van der Waals surface area contributed by atoms with Gasteiger partial charge in [-0.25, -0.2) is 13.1 Å². The van der Waals surface area contributed by atoms with Gasteiger partial charge in [-0.05, 0) is 30.7 Å². The van der Waals surface area contributed by atoms with Gasteiger partial charge in [-0.3, -0.25) is 0 Å². The van der Waals surface area contributed by atoms with Crippen LogP contribution in [0.1, 0.15) is 37.7 Å². The Morgan fingerprint density at radius 1 is 1.14 bits per heavy atom. The lowest BCUT2D eigenvalue weighted by Gasteiger charge is -2.23. The van der Waals surface area contributed by atoms with Crippen molar-refractivity contribution < 1.29 is 8.42 Å². The molecule has 1 aliphatic rings. The van der Waals surface area contributed by atoms with Crippen molar-refractivity contribution in [1.82, 2.24) is 4.72 Å². The average molecular weight is 310 g/mol. The molecular weight excluding hydrogens is 284 g/mol. The summed E-state index contributed by atoms with van der Waals surface area (Å²) in [6.07, 6.45) is 6.26. The third-order valence-electron chi connectivity index (χ3n) is 4.14. The highest BCUT2D eigenvalue weighted by atomic mass is 32.2. The number of rotatable bonds is 7. The molecule has 1 saturated carbocycles. The molecule has 3 N–H and O–H groups in total. The highest BCUT2D eigenvalue weighted by Gasteiger charge is 2.23. The Morgan fingerprint density at radius 3 is 2.43 bits per heavy atom. The number of hydrogen-bond acceptors (Lipinski definition) is 3. The number of sulfonamides is 1. The number of nitrogens with one attached hydrogen (secondary N) is 1. The van der Waals surface area contributed by atoms with E-state index in [9.17, 15) is 8.42 Å². The summed E-state index contributed by atoms with van der Waals surface area (Å²) in [5, 5.41) is 0. The van der Waals surface area contributed by atoms with Crippen molar-refractivity contribution in [2.24, 2.45) is 11.7 Å². The van der Waals surface area contributed by atoms with Gasteiger partial charge in [0.05, 0.1) is 5.75 Å². The van der Waals surface area contributed by atoms with Crippen LogP contribution in [0.15, 0.2) is 30.3 Å². The molecule has 0 bridgehead atoms. The Kier molecular flexibility index (Phi) is 6.21. The zero-order valence-electron chi connectivity index (χ0n) is 12.5. The summed E-state index contributed by atoms with van der Waals surface area (Å²) in [6, 6.07) is 9.64. The second-order valence-corrected chi connectivity index (χ2v) is 7.82. The highest BCUT2D eigenvalue weighted by Crippen LogP contribution is 2.24. The summed E-state index contributed by atoms with van der Waals surface area (Å²) in [7, 11) is -3.24. The maximum Gasteiger partial charge on any atom is 0.212 e. The van der Waals surface area contributed by atoms with Crippen molar-refractivity contribution in [3.63, 3.8) is 0 Å².